The van der Waals surface area contributed by atoms with Gasteiger partial charge in [0, 0.05) is 5.56 Å². The van der Waals surface area contributed by atoms with Gasteiger partial charge in [0.2, 0.25) is 0 Å². The fourth-order valence-electron chi connectivity index (χ4n) is 2.81. The third-order valence-corrected chi connectivity index (χ3v) is 4.29. The summed E-state index contributed by atoms with van der Waals surface area (Å²) in [5.41, 5.74) is 3.75. The van der Waals surface area contributed by atoms with Crippen LogP contribution >= 0.6 is 0 Å². The molecule has 2 amide bonds. The molecule has 0 aliphatic rings. The van der Waals surface area contributed by atoms with Gasteiger partial charge in [0.15, 0.2) is 11.5 Å². The number of hydrogen-bond donors (Lipinski definition) is 2. The van der Waals surface area contributed by atoms with Crippen molar-refractivity contribution in [1.29, 1.82) is 0 Å². The van der Waals surface area contributed by atoms with Crippen molar-refractivity contribution in [3.05, 3.63) is 59.7 Å². The van der Waals surface area contributed by atoms with Crippen LogP contribution < -0.4 is 20.2 Å². The predicted octanol–water partition coefficient (Wildman–Crippen LogP) is 3.78. The van der Waals surface area contributed by atoms with Crippen LogP contribution in [-0.2, 0) is 4.79 Å². The van der Waals surface area contributed by atoms with Crippen LogP contribution in [-0.4, -0.2) is 36.8 Å². The number of hydrazone groups is 1. The molecule has 0 radical (unpaired) electrons. The first-order chi connectivity index (χ1) is 14.8. The molecule has 2 aromatic carbocycles. The van der Waals surface area contributed by atoms with E-state index in [1.165, 1.54) is 6.21 Å². The highest BCUT2D eigenvalue weighted by atomic mass is 16.5. The summed E-state index contributed by atoms with van der Waals surface area (Å²) < 4.78 is 11.4. The van der Waals surface area contributed by atoms with E-state index >= 15 is 0 Å². The molecule has 0 bridgehead atoms. The minimum Gasteiger partial charge on any atom is -0.490 e. The van der Waals surface area contributed by atoms with Gasteiger partial charge < -0.3 is 14.8 Å². The molecule has 1 unspecified atom stereocenters. The van der Waals surface area contributed by atoms with E-state index in [-0.39, 0.29) is 23.8 Å². The maximum Gasteiger partial charge on any atom is 0.262 e. The summed E-state index contributed by atoms with van der Waals surface area (Å²) >= 11 is 0. The molecule has 31 heavy (non-hydrogen) atoms. The number of amides is 2. The van der Waals surface area contributed by atoms with Gasteiger partial charge in [-0.25, -0.2) is 5.43 Å². The van der Waals surface area contributed by atoms with Crippen LogP contribution in [0.1, 0.15) is 50.5 Å². The smallest absolute Gasteiger partial charge is 0.262 e. The second-order valence-corrected chi connectivity index (χ2v) is 7.60. The average Bonchev–Trinajstić information content (AvgIpc) is 2.73. The lowest BCUT2D eigenvalue weighted by Crippen LogP contribution is -2.48. The Kier molecular flexibility index (Phi) is 9.06. The number of nitrogens with one attached hydrogen (secondary N) is 2. The van der Waals surface area contributed by atoms with Crippen molar-refractivity contribution in [3.8, 4) is 11.5 Å². The van der Waals surface area contributed by atoms with Crippen LogP contribution in [0.25, 0.3) is 0 Å². The predicted molar refractivity (Wildman–Crippen MR) is 122 cm³/mol. The van der Waals surface area contributed by atoms with E-state index in [0.717, 1.165) is 5.56 Å². The normalized spacial score (nSPS) is 12.1. The Balaban J connectivity index is 2.04. The molecular formula is C24H31N3O4. The number of carbonyl (C=O) groups is 2. The topological polar surface area (TPSA) is 89.0 Å². The molecule has 0 aromatic heterocycles. The van der Waals surface area contributed by atoms with Crippen LogP contribution in [0, 0.1) is 5.92 Å². The van der Waals surface area contributed by atoms with E-state index in [1.54, 1.807) is 30.3 Å². The SMILES string of the molecule is CCOc1cc(/C=N/NC(=O)C(NC(=O)c2ccccc2)C(C)C)ccc1OC(C)C. The molecule has 2 N–H and O–H groups in total. The Morgan fingerprint density at radius 3 is 2.35 bits per heavy atom. The molecule has 7 heteroatoms. The monoisotopic (exact) mass is 425 g/mol. The van der Waals surface area contributed by atoms with Crippen molar-refractivity contribution in [2.75, 3.05) is 6.61 Å². The van der Waals surface area contributed by atoms with Crippen molar-refractivity contribution in [2.45, 2.75) is 46.8 Å². The highest BCUT2D eigenvalue weighted by Crippen LogP contribution is 2.28. The van der Waals surface area contributed by atoms with Gasteiger partial charge in [-0.05, 0) is 62.6 Å². The number of nitrogens with zero attached hydrogens (tertiary/aromatic N) is 1. The Morgan fingerprint density at radius 2 is 1.74 bits per heavy atom. The molecule has 0 saturated heterocycles. The molecule has 0 spiro atoms. The summed E-state index contributed by atoms with van der Waals surface area (Å²) in [5, 5.41) is 6.82. The van der Waals surface area contributed by atoms with Crippen molar-refractivity contribution < 1.29 is 19.1 Å². The molecule has 2 aromatic rings. The molecule has 7 nitrogen and oxygen atoms in total. The third kappa shape index (κ3) is 7.44. The summed E-state index contributed by atoms with van der Waals surface area (Å²) in [6, 6.07) is 13.5. The second kappa shape index (κ2) is 11.7. The van der Waals surface area contributed by atoms with E-state index < -0.39 is 6.04 Å². The standard InChI is InChI=1S/C24H31N3O4/c1-6-30-21-14-18(12-13-20(21)31-17(4)5)15-25-27-24(29)22(16(2)3)26-23(28)19-10-8-7-9-11-19/h7-17,22H,6H2,1-5H3,(H,26,28)(H,27,29)/b25-15+. The van der Waals surface area contributed by atoms with Crippen LogP contribution in [0.4, 0.5) is 0 Å². The zero-order chi connectivity index (χ0) is 22.8. The molecular weight excluding hydrogens is 394 g/mol. The van der Waals surface area contributed by atoms with E-state index in [9.17, 15) is 9.59 Å². The first-order valence-electron chi connectivity index (χ1n) is 10.4. The average molecular weight is 426 g/mol. The van der Waals surface area contributed by atoms with E-state index in [1.807, 2.05) is 52.8 Å². The number of ether oxygens (including phenoxy) is 2. The highest BCUT2D eigenvalue weighted by molar-refractivity contribution is 5.97. The lowest BCUT2D eigenvalue weighted by Gasteiger charge is -2.20. The minimum atomic E-state index is -0.717. The van der Waals surface area contributed by atoms with Crippen molar-refractivity contribution in [1.82, 2.24) is 10.7 Å². The van der Waals surface area contributed by atoms with Gasteiger partial charge in [0.05, 0.1) is 18.9 Å². The summed E-state index contributed by atoms with van der Waals surface area (Å²) in [4.78, 5) is 25.0. The van der Waals surface area contributed by atoms with Crippen molar-refractivity contribution in [3.63, 3.8) is 0 Å². The van der Waals surface area contributed by atoms with E-state index in [0.29, 0.717) is 23.7 Å². The fraction of sp³-hybridized carbons (Fsp3) is 0.375. The summed E-state index contributed by atoms with van der Waals surface area (Å²) in [6.45, 7) is 10.0. The third-order valence-electron chi connectivity index (χ3n) is 4.29. The number of benzene rings is 2. The zero-order valence-corrected chi connectivity index (χ0v) is 18.7. The maximum absolute atomic E-state index is 12.6. The van der Waals surface area contributed by atoms with Gasteiger partial charge in [-0.2, -0.15) is 5.10 Å². The molecule has 1 atom stereocenters. The summed E-state index contributed by atoms with van der Waals surface area (Å²) in [7, 11) is 0. The summed E-state index contributed by atoms with van der Waals surface area (Å²) in [5.74, 6) is 0.462. The summed E-state index contributed by atoms with van der Waals surface area (Å²) in [6.07, 6.45) is 1.55. The Labute approximate surface area is 183 Å². The lowest BCUT2D eigenvalue weighted by molar-refractivity contribution is -0.123. The Hall–Kier alpha value is -3.35. The lowest BCUT2D eigenvalue weighted by atomic mass is 10.0. The van der Waals surface area contributed by atoms with Gasteiger partial charge in [-0.3, -0.25) is 9.59 Å². The highest BCUT2D eigenvalue weighted by Gasteiger charge is 2.24. The minimum absolute atomic E-state index is 0.0251. The Morgan fingerprint density at radius 1 is 1.03 bits per heavy atom. The van der Waals surface area contributed by atoms with Crippen LogP contribution in [0.3, 0.4) is 0 Å². The number of carbonyl (C=O) groups excluding carboxylic acids is 2. The van der Waals surface area contributed by atoms with Crippen molar-refractivity contribution in [2.24, 2.45) is 11.0 Å². The van der Waals surface area contributed by atoms with Gasteiger partial charge in [-0.15, -0.1) is 0 Å². The van der Waals surface area contributed by atoms with Gasteiger partial charge in [0.25, 0.3) is 11.8 Å². The fourth-order valence-corrected chi connectivity index (χ4v) is 2.81. The van der Waals surface area contributed by atoms with Crippen LogP contribution in [0.2, 0.25) is 0 Å². The molecule has 0 aliphatic carbocycles. The van der Waals surface area contributed by atoms with Gasteiger partial charge in [0.1, 0.15) is 6.04 Å². The zero-order valence-electron chi connectivity index (χ0n) is 18.7. The first kappa shape index (κ1) is 23.9. The second-order valence-electron chi connectivity index (χ2n) is 7.60. The molecule has 0 aliphatic heterocycles. The molecule has 0 saturated carbocycles. The maximum atomic E-state index is 12.6. The van der Waals surface area contributed by atoms with Crippen LogP contribution in [0.5, 0.6) is 11.5 Å². The first-order valence-corrected chi connectivity index (χ1v) is 10.4. The molecule has 2 rings (SSSR count). The molecule has 0 heterocycles. The molecule has 166 valence electrons. The number of rotatable bonds is 10. The Bertz CT molecular complexity index is 895. The van der Waals surface area contributed by atoms with Crippen molar-refractivity contribution >= 4 is 18.0 Å². The number of hydrogen-bond acceptors (Lipinski definition) is 5. The quantitative estimate of drug-likeness (QED) is 0.448. The molecule has 0 fully saturated rings. The van der Waals surface area contributed by atoms with E-state index in [4.69, 9.17) is 9.47 Å². The van der Waals surface area contributed by atoms with Gasteiger partial charge in [-0.1, -0.05) is 32.0 Å². The van der Waals surface area contributed by atoms with Crippen LogP contribution in [0.15, 0.2) is 53.6 Å². The largest absolute Gasteiger partial charge is 0.490 e. The van der Waals surface area contributed by atoms with Gasteiger partial charge >= 0.3 is 0 Å². The van der Waals surface area contributed by atoms with E-state index in [2.05, 4.69) is 15.8 Å².